The van der Waals surface area contributed by atoms with E-state index in [1.54, 1.807) is 11.3 Å². The van der Waals surface area contributed by atoms with Crippen LogP contribution in [0.2, 0.25) is 0 Å². The molecule has 1 aliphatic rings. The van der Waals surface area contributed by atoms with Gasteiger partial charge in [0.2, 0.25) is 5.91 Å². The Morgan fingerprint density at radius 1 is 1.39 bits per heavy atom. The van der Waals surface area contributed by atoms with Gasteiger partial charge >= 0.3 is 6.03 Å². The van der Waals surface area contributed by atoms with Crippen molar-refractivity contribution in [2.75, 3.05) is 5.32 Å². The second kappa shape index (κ2) is 6.42. The van der Waals surface area contributed by atoms with Gasteiger partial charge in [-0.05, 0) is 48.1 Å². The molecule has 5 nitrogen and oxygen atoms in total. The second-order valence-corrected chi connectivity index (χ2v) is 6.72. The van der Waals surface area contributed by atoms with E-state index in [4.69, 9.17) is 0 Å². The third-order valence-electron chi connectivity index (χ3n) is 3.98. The van der Waals surface area contributed by atoms with E-state index in [1.807, 2.05) is 43.5 Å². The van der Waals surface area contributed by atoms with Gasteiger partial charge in [0.15, 0.2) is 0 Å². The number of aryl methyl sites for hydroxylation is 1. The van der Waals surface area contributed by atoms with Crippen LogP contribution in [-0.2, 0) is 17.8 Å². The van der Waals surface area contributed by atoms with Gasteiger partial charge in [-0.1, -0.05) is 12.1 Å². The molecule has 3 N–H and O–H groups in total. The van der Waals surface area contributed by atoms with Gasteiger partial charge in [0, 0.05) is 10.6 Å². The van der Waals surface area contributed by atoms with Crippen molar-refractivity contribution in [1.82, 2.24) is 10.6 Å². The topological polar surface area (TPSA) is 70.2 Å². The van der Waals surface area contributed by atoms with Crippen molar-refractivity contribution in [3.05, 3.63) is 51.2 Å². The molecule has 120 valence electrons. The van der Waals surface area contributed by atoms with Crippen molar-refractivity contribution in [2.45, 2.75) is 32.9 Å². The average Bonchev–Trinajstić information content (AvgIpc) is 3.08. The molecule has 23 heavy (non-hydrogen) atoms. The third-order valence-corrected chi connectivity index (χ3v) is 5.00. The zero-order valence-electron chi connectivity index (χ0n) is 13.1. The van der Waals surface area contributed by atoms with Gasteiger partial charge in [-0.25, -0.2) is 4.79 Å². The van der Waals surface area contributed by atoms with E-state index >= 15 is 0 Å². The van der Waals surface area contributed by atoms with Crippen LogP contribution in [0.25, 0.3) is 0 Å². The number of fused-ring (bicyclic) bond motifs is 1. The Kier molecular flexibility index (Phi) is 4.34. The van der Waals surface area contributed by atoms with Crippen LogP contribution >= 0.6 is 11.3 Å². The summed E-state index contributed by atoms with van der Waals surface area (Å²) in [7, 11) is 0. The lowest BCUT2D eigenvalue weighted by Crippen LogP contribution is -2.36. The molecule has 3 rings (SSSR count). The van der Waals surface area contributed by atoms with Gasteiger partial charge in [0.25, 0.3) is 0 Å². The Morgan fingerprint density at radius 2 is 2.22 bits per heavy atom. The van der Waals surface area contributed by atoms with Crippen molar-refractivity contribution in [3.63, 3.8) is 0 Å². The number of urea groups is 1. The number of carbonyl (C=O) groups is 2. The first-order valence-corrected chi connectivity index (χ1v) is 8.41. The van der Waals surface area contributed by atoms with Crippen LogP contribution in [0.3, 0.4) is 0 Å². The van der Waals surface area contributed by atoms with Crippen molar-refractivity contribution in [2.24, 2.45) is 0 Å². The van der Waals surface area contributed by atoms with Crippen LogP contribution in [0.4, 0.5) is 10.5 Å². The lowest BCUT2D eigenvalue weighted by atomic mass is 10.0. The summed E-state index contributed by atoms with van der Waals surface area (Å²) in [6.45, 7) is 4.50. The van der Waals surface area contributed by atoms with Crippen LogP contribution in [0.5, 0.6) is 0 Å². The smallest absolute Gasteiger partial charge is 0.315 e. The largest absolute Gasteiger partial charge is 0.333 e. The fourth-order valence-corrected chi connectivity index (χ4v) is 3.44. The maximum absolute atomic E-state index is 12.0. The van der Waals surface area contributed by atoms with Gasteiger partial charge in [-0.3, -0.25) is 4.79 Å². The summed E-state index contributed by atoms with van der Waals surface area (Å²) in [5, 5.41) is 10.6. The zero-order chi connectivity index (χ0) is 16.4. The highest BCUT2D eigenvalue weighted by Gasteiger charge is 2.19. The van der Waals surface area contributed by atoms with Crippen LogP contribution in [0, 0.1) is 6.92 Å². The molecule has 0 saturated carbocycles. The van der Waals surface area contributed by atoms with Crippen molar-refractivity contribution in [3.8, 4) is 0 Å². The molecule has 2 aromatic rings. The quantitative estimate of drug-likeness (QED) is 0.806. The highest BCUT2D eigenvalue weighted by molar-refractivity contribution is 7.10. The van der Waals surface area contributed by atoms with E-state index in [9.17, 15) is 9.59 Å². The summed E-state index contributed by atoms with van der Waals surface area (Å²) in [5.41, 5.74) is 4.03. The number of rotatable bonds is 4. The summed E-state index contributed by atoms with van der Waals surface area (Å²) >= 11 is 1.64. The van der Waals surface area contributed by atoms with Gasteiger partial charge in [0.05, 0.1) is 19.0 Å². The first-order valence-electron chi connectivity index (χ1n) is 7.53. The molecule has 0 bridgehead atoms. The first kappa shape index (κ1) is 15.6. The molecule has 3 amide bonds. The summed E-state index contributed by atoms with van der Waals surface area (Å²) < 4.78 is 0. The summed E-state index contributed by atoms with van der Waals surface area (Å²) in [6, 6.07) is 7.52. The van der Waals surface area contributed by atoms with E-state index in [0.29, 0.717) is 13.0 Å². The van der Waals surface area contributed by atoms with Crippen LogP contribution in [0.15, 0.2) is 29.6 Å². The summed E-state index contributed by atoms with van der Waals surface area (Å²) in [5.74, 6) is 0.0156. The predicted molar refractivity (Wildman–Crippen MR) is 91.6 cm³/mol. The van der Waals surface area contributed by atoms with E-state index < -0.39 is 0 Å². The van der Waals surface area contributed by atoms with Crippen molar-refractivity contribution < 1.29 is 9.59 Å². The normalized spacial score (nSPS) is 14.1. The maximum atomic E-state index is 12.0. The summed E-state index contributed by atoms with van der Waals surface area (Å²) in [6.07, 6.45) is 0.403. The number of carbonyl (C=O) groups excluding carboxylic acids is 2. The zero-order valence-corrected chi connectivity index (χ0v) is 13.9. The Bertz CT molecular complexity index is 754. The Labute approximate surface area is 139 Å². The molecule has 0 aliphatic carbocycles. The Morgan fingerprint density at radius 3 is 2.96 bits per heavy atom. The van der Waals surface area contributed by atoms with Crippen LogP contribution < -0.4 is 16.0 Å². The molecular weight excluding hydrogens is 310 g/mol. The lowest BCUT2D eigenvalue weighted by Gasteiger charge is -2.16. The number of anilines is 1. The summed E-state index contributed by atoms with van der Waals surface area (Å²) in [4.78, 5) is 24.6. The first-order chi connectivity index (χ1) is 11.0. The highest BCUT2D eigenvalue weighted by atomic mass is 32.1. The van der Waals surface area contributed by atoms with Crippen molar-refractivity contribution in [1.29, 1.82) is 0 Å². The molecule has 1 aromatic carbocycles. The molecule has 0 fully saturated rings. The minimum Gasteiger partial charge on any atom is -0.333 e. The molecule has 6 heteroatoms. The standard InChI is InChI=1S/C17H19N3O2S/c1-10-5-6-23-15(10)9-18-17(22)19-11(2)12-3-4-14-13(7-12)8-16(21)20-14/h3-7,11H,8-9H2,1-2H3,(H,20,21)(H2,18,19,22). The van der Waals surface area contributed by atoms with E-state index in [-0.39, 0.29) is 18.0 Å². The van der Waals surface area contributed by atoms with Crippen LogP contribution in [0.1, 0.15) is 34.5 Å². The molecule has 1 atom stereocenters. The number of hydrogen-bond acceptors (Lipinski definition) is 3. The number of nitrogens with one attached hydrogen (secondary N) is 3. The van der Waals surface area contributed by atoms with Gasteiger partial charge in [-0.2, -0.15) is 0 Å². The average molecular weight is 329 g/mol. The Hall–Kier alpha value is -2.34. The third kappa shape index (κ3) is 3.53. The fraction of sp³-hybridized carbons (Fsp3) is 0.294. The number of thiophene rings is 1. The second-order valence-electron chi connectivity index (χ2n) is 5.72. The number of hydrogen-bond donors (Lipinski definition) is 3. The molecular formula is C17H19N3O2S. The maximum Gasteiger partial charge on any atom is 0.315 e. The van der Waals surface area contributed by atoms with Crippen LogP contribution in [-0.4, -0.2) is 11.9 Å². The fourth-order valence-electron chi connectivity index (χ4n) is 2.60. The molecule has 0 radical (unpaired) electrons. The molecule has 1 aliphatic heterocycles. The van der Waals surface area contributed by atoms with E-state index in [2.05, 4.69) is 16.0 Å². The SMILES string of the molecule is Cc1ccsc1CNC(=O)NC(C)c1ccc2c(c1)CC(=O)N2. The molecule has 1 aromatic heterocycles. The van der Waals surface area contributed by atoms with Crippen molar-refractivity contribution >= 4 is 29.0 Å². The van der Waals surface area contributed by atoms with E-state index in [0.717, 1.165) is 21.7 Å². The van der Waals surface area contributed by atoms with Gasteiger partial charge < -0.3 is 16.0 Å². The highest BCUT2D eigenvalue weighted by Crippen LogP contribution is 2.26. The predicted octanol–water partition coefficient (Wildman–Crippen LogP) is 3.11. The number of benzene rings is 1. The Balaban J connectivity index is 1.57. The molecule has 0 saturated heterocycles. The van der Waals surface area contributed by atoms with E-state index in [1.165, 1.54) is 5.56 Å². The van der Waals surface area contributed by atoms with Gasteiger partial charge in [0.1, 0.15) is 0 Å². The molecule has 0 spiro atoms. The van der Waals surface area contributed by atoms with Gasteiger partial charge in [-0.15, -0.1) is 11.3 Å². The lowest BCUT2D eigenvalue weighted by molar-refractivity contribution is -0.115. The minimum atomic E-state index is -0.194. The molecule has 2 heterocycles. The minimum absolute atomic E-state index is 0.0156. The number of amides is 3. The molecule has 1 unspecified atom stereocenters. The monoisotopic (exact) mass is 329 g/mol.